The van der Waals surface area contributed by atoms with Gasteiger partial charge in [-0.3, -0.25) is 4.79 Å². The average Bonchev–Trinajstić information content (AvgIpc) is 2.29. The van der Waals surface area contributed by atoms with Crippen LogP contribution in [0.1, 0.15) is 44.0 Å². The quantitative estimate of drug-likeness (QED) is 0.878. The van der Waals surface area contributed by atoms with Gasteiger partial charge in [-0.1, -0.05) is 13.8 Å². The summed E-state index contributed by atoms with van der Waals surface area (Å²) >= 11 is 3.30. The van der Waals surface area contributed by atoms with Gasteiger partial charge in [0.2, 0.25) is 0 Å². The van der Waals surface area contributed by atoms with Gasteiger partial charge < -0.3 is 11.1 Å². The van der Waals surface area contributed by atoms with Gasteiger partial charge in [0.25, 0.3) is 5.91 Å². The lowest BCUT2D eigenvalue weighted by molar-refractivity contribution is 0.0936. The van der Waals surface area contributed by atoms with Crippen LogP contribution < -0.4 is 11.1 Å². The number of aromatic nitrogens is 1. The number of halogens is 1. The molecule has 0 saturated heterocycles. The first-order valence-electron chi connectivity index (χ1n) is 6.12. The van der Waals surface area contributed by atoms with Gasteiger partial charge in [0, 0.05) is 16.7 Å². The number of hydrogen-bond acceptors (Lipinski definition) is 3. The van der Waals surface area contributed by atoms with Crippen molar-refractivity contribution in [1.29, 1.82) is 0 Å². The first-order chi connectivity index (χ1) is 8.40. The van der Waals surface area contributed by atoms with E-state index in [1.807, 2.05) is 6.92 Å². The molecule has 18 heavy (non-hydrogen) atoms. The summed E-state index contributed by atoms with van der Waals surface area (Å²) in [6.45, 7) is 6.36. The maximum Gasteiger partial charge on any atom is 0.252 e. The molecule has 0 aliphatic heterocycles. The van der Waals surface area contributed by atoms with E-state index in [0.717, 1.165) is 12.8 Å². The number of carbonyl (C=O) groups excluding carboxylic acids is 1. The fourth-order valence-corrected chi connectivity index (χ4v) is 1.98. The number of nitrogen functional groups attached to an aromatic ring is 1. The molecule has 100 valence electrons. The van der Waals surface area contributed by atoms with E-state index in [0.29, 0.717) is 21.8 Å². The summed E-state index contributed by atoms with van der Waals surface area (Å²) in [6.07, 6.45) is 3.62. The second-order valence-corrected chi connectivity index (χ2v) is 5.79. The van der Waals surface area contributed by atoms with E-state index in [4.69, 9.17) is 5.73 Å². The Balaban J connectivity index is 2.62. The average molecular weight is 314 g/mol. The molecular formula is C13H20BrN3O. The Hall–Kier alpha value is -1.10. The van der Waals surface area contributed by atoms with Crippen molar-refractivity contribution in [3.63, 3.8) is 0 Å². The Kier molecular flexibility index (Phi) is 5.59. The molecule has 5 heteroatoms. The highest BCUT2D eigenvalue weighted by Crippen LogP contribution is 2.17. The van der Waals surface area contributed by atoms with Gasteiger partial charge >= 0.3 is 0 Å². The monoisotopic (exact) mass is 313 g/mol. The molecular weight excluding hydrogens is 294 g/mol. The summed E-state index contributed by atoms with van der Waals surface area (Å²) in [5.74, 6) is 0.873. The van der Waals surface area contributed by atoms with Gasteiger partial charge in [0.05, 0.1) is 5.56 Å². The zero-order valence-corrected chi connectivity index (χ0v) is 12.6. The van der Waals surface area contributed by atoms with Crippen LogP contribution in [0.15, 0.2) is 16.7 Å². The largest absolute Gasteiger partial charge is 0.384 e. The van der Waals surface area contributed by atoms with E-state index in [-0.39, 0.29) is 11.9 Å². The molecule has 3 N–H and O–H groups in total. The third kappa shape index (κ3) is 4.64. The van der Waals surface area contributed by atoms with Crippen molar-refractivity contribution in [3.05, 3.63) is 22.3 Å². The SMILES string of the molecule is CC(C)CCC(C)NC(=O)c1cc(N)ncc1Br. The van der Waals surface area contributed by atoms with Crippen molar-refractivity contribution in [2.45, 2.75) is 39.7 Å². The lowest BCUT2D eigenvalue weighted by Gasteiger charge is -2.15. The summed E-state index contributed by atoms with van der Waals surface area (Å²) in [5.41, 5.74) is 6.11. The van der Waals surface area contributed by atoms with Crippen molar-refractivity contribution >= 4 is 27.7 Å². The number of rotatable bonds is 5. The van der Waals surface area contributed by atoms with Gasteiger partial charge in [-0.05, 0) is 47.7 Å². The van der Waals surface area contributed by atoms with Crippen LogP contribution in [0.5, 0.6) is 0 Å². The second-order valence-electron chi connectivity index (χ2n) is 4.93. The summed E-state index contributed by atoms with van der Waals surface area (Å²) in [5, 5.41) is 2.97. The highest BCUT2D eigenvalue weighted by atomic mass is 79.9. The van der Waals surface area contributed by atoms with Crippen LogP contribution in [0, 0.1) is 5.92 Å². The lowest BCUT2D eigenvalue weighted by Crippen LogP contribution is -2.33. The topological polar surface area (TPSA) is 68.0 Å². The summed E-state index contributed by atoms with van der Waals surface area (Å²) < 4.78 is 0.658. The third-order valence-corrected chi connectivity index (χ3v) is 3.31. The minimum absolute atomic E-state index is 0.118. The van der Waals surface area contributed by atoms with Crippen LogP contribution in [0.2, 0.25) is 0 Å². The zero-order chi connectivity index (χ0) is 13.7. The van der Waals surface area contributed by atoms with Crippen molar-refractivity contribution in [3.8, 4) is 0 Å². The van der Waals surface area contributed by atoms with Gasteiger partial charge in [0.1, 0.15) is 5.82 Å². The Bertz CT molecular complexity index is 421. The predicted molar refractivity (Wildman–Crippen MR) is 77.3 cm³/mol. The van der Waals surface area contributed by atoms with Crippen molar-refractivity contribution in [2.75, 3.05) is 5.73 Å². The normalized spacial score (nSPS) is 12.5. The fourth-order valence-electron chi connectivity index (χ4n) is 1.59. The number of anilines is 1. The molecule has 1 atom stereocenters. The molecule has 0 spiro atoms. The summed E-state index contributed by atoms with van der Waals surface area (Å²) in [4.78, 5) is 16.0. The molecule has 1 heterocycles. The van der Waals surface area contributed by atoms with Crippen LogP contribution >= 0.6 is 15.9 Å². The van der Waals surface area contributed by atoms with E-state index >= 15 is 0 Å². The molecule has 0 aromatic carbocycles. The van der Waals surface area contributed by atoms with Crippen LogP contribution in [0.4, 0.5) is 5.82 Å². The maximum absolute atomic E-state index is 12.0. The highest BCUT2D eigenvalue weighted by molar-refractivity contribution is 9.10. The highest BCUT2D eigenvalue weighted by Gasteiger charge is 2.13. The standard InChI is InChI=1S/C13H20BrN3O/c1-8(2)4-5-9(3)17-13(18)10-6-12(15)16-7-11(10)14/h6-9H,4-5H2,1-3H3,(H2,15,16)(H,17,18). The molecule has 0 saturated carbocycles. The van der Waals surface area contributed by atoms with Gasteiger partial charge in [-0.2, -0.15) is 0 Å². The first-order valence-corrected chi connectivity index (χ1v) is 6.91. The minimum atomic E-state index is -0.118. The molecule has 0 bridgehead atoms. The smallest absolute Gasteiger partial charge is 0.252 e. The molecule has 0 fully saturated rings. The molecule has 0 aliphatic rings. The van der Waals surface area contributed by atoms with Crippen molar-refractivity contribution < 1.29 is 4.79 Å². The Morgan fingerprint density at radius 1 is 1.44 bits per heavy atom. The molecule has 1 unspecified atom stereocenters. The lowest BCUT2D eigenvalue weighted by atomic mass is 10.0. The number of pyridine rings is 1. The first kappa shape index (κ1) is 15.0. The van der Waals surface area contributed by atoms with Crippen LogP contribution in [-0.2, 0) is 0 Å². The number of amides is 1. The van der Waals surface area contributed by atoms with Gasteiger partial charge in [0.15, 0.2) is 0 Å². The number of nitrogens with one attached hydrogen (secondary N) is 1. The van der Waals surface area contributed by atoms with E-state index in [2.05, 4.69) is 40.1 Å². The molecule has 1 amide bonds. The molecule has 1 rings (SSSR count). The Labute approximate surface area is 116 Å². The van der Waals surface area contributed by atoms with Gasteiger partial charge in [-0.15, -0.1) is 0 Å². The summed E-state index contributed by atoms with van der Waals surface area (Å²) in [6, 6.07) is 1.73. The maximum atomic E-state index is 12.0. The molecule has 0 radical (unpaired) electrons. The number of hydrogen-bond donors (Lipinski definition) is 2. The van der Waals surface area contributed by atoms with E-state index in [1.165, 1.54) is 0 Å². The van der Waals surface area contributed by atoms with E-state index in [1.54, 1.807) is 12.3 Å². The minimum Gasteiger partial charge on any atom is -0.384 e. The third-order valence-electron chi connectivity index (χ3n) is 2.68. The van der Waals surface area contributed by atoms with Crippen molar-refractivity contribution in [2.24, 2.45) is 5.92 Å². The summed E-state index contributed by atoms with van der Waals surface area (Å²) in [7, 11) is 0. The predicted octanol–water partition coefficient (Wildman–Crippen LogP) is 2.98. The van der Waals surface area contributed by atoms with E-state index in [9.17, 15) is 4.79 Å². The molecule has 0 aliphatic carbocycles. The number of carbonyl (C=O) groups is 1. The molecule has 4 nitrogen and oxygen atoms in total. The Morgan fingerprint density at radius 3 is 2.72 bits per heavy atom. The number of nitrogens with two attached hydrogens (primary N) is 1. The number of nitrogens with zero attached hydrogens (tertiary/aromatic N) is 1. The van der Waals surface area contributed by atoms with Crippen molar-refractivity contribution in [1.82, 2.24) is 10.3 Å². The zero-order valence-electron chi connectivity index (χ0n) is 11.0. The van der Waals surface area contributed by atoms with E-state index < -0.39 is 0 Å². The van der Waals surface area contributed by atoms with Crippen LogP contribution in [0.25, 0.3) is 0 Å². The molecule has 1 aromatic rings. The fraction of sp³-hybridized carbons (Fsp3) is 0.538. The van der Waals surface area contributed by atoms with Crippen LogP contribution in [0.3, 0.4) is 0 Å². The van der Waals surface area contributed by atoms with Gasteiger partial charge in [-0.25, -0.2) is 4.98 Å². The van der Waals surface area contributed by atoms with Crippen LogP contribution in [-0.4, -0.2) is 16.9 Å². The molecule has 1 aromatic heterocycles. The Morgan fingerprint density at radius 2 is 2.11 bits per heavy atom. The second kappa shape index (κ2) is 6.73.